The van der Waals surface area contributed by atoms with Crippen molar-refractivity contribution in [1.29, 1.82) is 0 Å². The fraction of sp³-hybridized carbons (Fsp3) is 0.778. The number of carbonyl (C=O) groups excluding carboxylic acids is 2. The van der Waals surface area contributed by atoms with E-state index in [-0.39, 0.29) is 24.3 Å². The van der Waals surface area contributed by atoms with Crippen LogP contribution >= 0.6 is 12.4 Å². The Morgan fingerprint density at radius 3 is 2.93 bits per heavy atom. The molecule has 15 heavy (non-hydrogen) atoms. The molecule has 1 saturated heterocycles. The fourth-order valence-corrected chi connectivity index (χ4v) is 1.34. The highest BCUT2D eigenvalue weighted by Crippen LogP contribution is 1.97. The summed E-state index contributed by atoms with van der Waals surface area (Å²) in [5.41, 5.74) is 0. The van der Waals surface area contributed by atoms with Crippen LogP contribution in [0.1, 0.15) is 13.3 Å². The molecule has 1 aliphatic heterocycles. The second kappa shape index (κ2) is 7.48. The van der Waals surface area contributed by atoms with Gasteiger partial charge in [0.1, 0.15) is 0 Å². The summed E-state index contributed by atoms with van der Waals surface area (Å²) in [4.78, 5) is 24.0. The number of rotatable bonds is 4. The number of hydrogen-bond acceptors (Lipinski definition) is 4. The molecule has 6 heteroatoms. The topological polar surface area (TPSA) is 58.6 Å². The van der Waals surface area contributed by atoms with Gasteiger partial charge < -0.3 is 15.0 Å². The second-order valence-electron chi connectivity index (χ2n) is 3.11. The van der Waals surface area contributed by atoms with Gasteiger partial charge in [0.25, 0.3) is 0 Å². The van der Waals surface area contributed by atoms with E-state index in [4.69, 9.17) is 4.74 Å². The zero-order chi connectivity index (χ0) is 10.4. The molecule has 0 atom stereocenters. The summed E-state index contributed by atoms with van der Waals surface area (Å²) in [6, 6.07) is 0. The van der Waals surface area contributed by atoms with Crippen LogP contribution in [-0.4, -0.2) is 49.6 Å². The van der Waals surface area contributed by atoms with Crippen LogP contribution in [0.3, 0.4) is 0 Å². The lowest BCUT2D eigenvalue weighted by Gasteiger charge is -2.26. The van der Waals surface area contributed by atoms with Crippen molar-refractivity contribution in [3.05, 3.63) is 0 Å². The Bertz CT molecular complexity index is 223. The minimum absolute atomic E-state index is 0. The Hall–Kier alpha value is -0.810. The molecule has 1 N–H and O–H groups in total. The monoisotopic (exact) mass is 236 g/mol. The van der Waals surface area contributed by atoms with Crippen molar-refractivity contribution in [2.75, 3.05) is 32.8 Å². The Morgan fingerprint density at radius 2 is 2.33 bits per heavy atom. The molecular formula is C9H17ClN2O3. The largest absolute Gasteiger partial charge is 0.466 e. The van der Waals surface area contributed by atoms with E-state index < -0.39 is 0 Å². The molecule has 0 unspecified atom stereocenters. The summed E-state index contributed by atoms with van der Waals surface area (Å²) in [5, 5.41) is 2.97. The number of ether oxygens (including phenoxy) is 1. The number of piperazine rings is 1. The van der Waals surface area contributed by atoms with Gasteiger partial charge >= 0.3 is 5.97 Å². The van der Waals surface area contributed by atoms with Crippen LogP contribution < -0.4 is 5.32 Å². The van der Waals surface area contributed by atoms with Crippen LogP contribution in [0, 0.1) is 0 Å². The molecule has 0 aromatic carbocycles. The highest BCUT2D eigenvalue weighted by Gasteiger charge is 2.18. The molecule has 0 spiro atoms. The predicted molar refractivity (Wildman–Crippen MR) is 57.9 cm³/mol. The average molecular weight is 237 g/mol. The first-order chi connectivity index (χ1) is 6.74. The molecule has 0 radical (unpaired) electrons. The van der Waals surface area contributed by atoms with E-state index in [2.05, 4.69) is 5.32 Å². The first kappa shape index (κ1) is 14.2. The van der Waals surface area contributed by atoms with Crippen molar-refractivity contribution in [3.8, 4) is 0 Å². The van der Waals surface area contributed by atoms with E-state index in [1.807, 2.05) is 0 Å². The second-order valence-corrected chi connectivity index (χ2v) is 3.11. The van der Waals surface area contributed by atoms with Crippen molar-refractivity contribution >= 4 is 24.3 Å². The van der Waals surface area contributed by atoms with Gasteiger partial charge in [0.2, 0.25) is 5.91 Å². The SMILES string of the molecule is CCOC(=O)CCN1CCNCC1=O.Cl. The number of esters is 1. The fourth-order valence-electron chi connectivity index (χ4n) is 1.34. The Labute approximate surface area is 95.6 Å². The highest BCUT2D eigenvalue weighted by atomic mass is 35.5. The molecule has 1 rings (SSSR count). The smallest absolute Gasteiger partial charge is 0.307 e. The molecule has 5 nitrogen and oxygen atoms in total. The van der Waals surface area contributed by atoms with Gasteiger partial charge in [-0.3, -0.25) is 9.59 Å². The molecular weight excluding hydrogens is 220 g/mol. The van der Waals surface area contributed by atoms with Gasteiger partial charge in [0.15, 0.2) is 0 Å². The van der Waals surface area contributed by atoms with E-state index in [1.165, 1.54) is 0 Å². The van der Waals surface area contributed by atoms with E-state index in [0.717, 1.165) is 6.54 Å². The standard InChI is InChI=1S/C9H16N2O3.ClH/c1-2-14-9(13)3-5-11-6-4-10-7-8(11)12;/h10H,2-7H2,1H3;1H. The first-order valence-corrected chi connectivity index (χ1v) is 4.88. The minimum Gasteiger partial charge on any atom is -0.466 e. The maximum Gasteiger partial charge on any atom is 0.307 e. The number of halogens is 1. The summed E-state index contributed by atoms with van der Waals surface area (Å²) in [5.74, 6) is -0.181. The lowest BCUT2D eigenvalue weighted by molar-refractivity contribution is -0.144. The quantitative estimate of drug-likeness (QED) is 0.687. The molecule has 0 bridgehead atoms. The lowest BCUT2D eigenvalue weighted by atomic mass is 10.3. The Kier molecular flexibility index (Phi) is 7.07. The zero-order valence-corrected chi connectivity index (χ0v) is 9.64. The third-order valence-corrected chi connectivity index (χ3v) is 2.08. The third-order valence-electron chi connectivity index (χ3n) is 2.08. The van der Waals surface area contributed by atoms with Gasteiger partial charge in [0, 0.05) is 19.6 Å². The molecule has 1 amide bonds. The van der Waals surface area contributed by atoms with Crippen molar-refractivity contribution in [2.45, 2.75) is 13.3 Å². The van der Waals surface area contributed by atoms with Gasteiger partial charge in [-0.2, -0.15) is 0 Å². The van der Waals surface area contributed by atoms with Crippen LogP contribution in [0.2, 0.25) is 0 Å². The lowest BCUT2D eigenvalue weighted by Crippen LogP contribution is -2.48. The third kappa shape index (κ3) is 4.99. The molecule has 0 aromatic heterocycles. The summed E-state index contributed by atoms with van der Waals surface area (Å²) >= 11 is 0. The van der Waals surface area contributed by atoms with Crippen LogP contribution in [0.4, 0.5) is 0 Å². The maximum atomic E-state index is 11.3. The van der Waals surface area contributed by atoms with E-state index >= 15 is 0 Å². The Morgan fingerprint density at radius 1 is 1.60 bits per heavy atom. The number of nitrogens with one attached hydrogen (secondary N) is 1. The summed E-state index contributed by atoms with van der Waals surface area (Å²) < 4.78 is 4.78. The summed E-state index contributed by atoms with van der Waals surface area (Å²) in [6.07, 6.45) is 0.291. The van der Waals surface area contributed by atoms with Gasteiger partial charge in [-0.25, -0.2) is 0 Å². The number of amides is 1. The van der Waals surface area contributed by atoms with Gasteiger partial charge in [-0.15, -0.1) is 12.4 Å². The van der Waals surface area contributed by atoms with Gasteiger partial charge in [-0.1, -0.05) is 0 Å². The number of hydrogen-bond donors (Lipinski definition) is 1. The van der Waals surface area contributed by atoms with E-state index in [9.17, 15) is 9.59 Å². The first-order valence-electron chi connectivity index (χ1n) is 4.88. The molecule has 1 heterocycles. The predicted octanol–water partition coefficient (Wildman–Crippen LogP) is -0.207. The van der Waals surface area contributed by atoms with Gasteiger partial charge in [-0.05, 0) is 6.92 Å². The number of carbonyl (C=O) groups is 2. The molecule has 1 aliphatic rings. The van der Waals surface area contributed by atoms with Crippen molar-refractivity contribution in [2.24, 2.45) is 0 Å². The van der Waals surface area contributed by atoms with Crippen LogP contribution in [-0.2, 0) is 14.3 Å². The summed E-state index contributed by atoms with van der Waals surface area (Å²) in [7, 11) is 0. The zero-order valence-electron chi connectivity index (χ0n) is 8.82. The van der Waals surface area contributed by atoms with Crippen molar-refractivity contribution in [3.63, 3.8) is 0 Å². The Balaban J connectivity index is 0.00000196. The maximum absolute atomic E-state index is 11.3. The number of nitrogens with zero attached hydrogens (tertiary/aromatic N) is 1. The molecule has 0 aromatic rings. The van der Waals surface area contributed by atoms with Crippen LogP contribution in [0.5, 0.6) is 0 Å². The van der Waals surface area contributed by atoms with E-state index in [1.54, 1.807) is 11.8 Å². The highest BCUT2D eigenvalue weighted by molar-refractivity contribution is 5.85. The van der Waals surface area contributed by atoms with Crippen LogP contribution in [0.25, 0.3) is 0 Å². The van der Waals surface area contributed by atoms with Crippen LogP contribution in [0.15, 0.2) is 0 Å². The molecule has 0 saturated carbocycles. The molecule has 1 fully saturated rings. The van der Waals surface area contributed by atoms with Crippen molar-refractivity contribution in [1.82, 2.24) is 10.2 Å². The molecule has 88 valence electrons. The van der Waals surface area contributed by atoms with Crippen molar-refractivity contribution < 1.29 is 14.3 Å². The summed E-state index contributed by atoms with van der Waals surface area (Å²) in [6.45, 7) is 4.50. The molecule has 0 aliphatic carbocycles. The average Bonchev–Trinajstić information content (AvgIpc) is 2.17. The minimum atomic E-state index is -0.237. The normalized spacial score (nSPS) is 15.8. The van der Waals surface area contributed by atoms with Gasteiger partial charge in [0.05, 0.1) is 19.6 Å². The van der Waals surface area contributed by atoms with E-state index in [0.29, 0.717) is 32.7 Å².